The summed E-state index contributed by atoms with van der Waals surface area (Å²) in [5.74, 6) is 0. The van der Waals surface area contributed by atoms with E-state index in [-0.39, 0.29) is 11.4 Å². The lowest BCUT2D eigenvalue weighted by molar-refractivity contribution is -0.384. The maximum atomic E-state index is 12.8. The number of nitro benzene ring substituents is 1. The SMILES string of the molecule is CCc1ccc([N+](=O)[O-])c(N(C(=O)OC(C)(C)C)C(=O)OC(C)(C)C)c1C. The van der Waals surface area contributed by atoms with Crippen molar-refractivity contribution in [1.82, 2.24) is 0 Å². The van der Waals surface area contributed by atoms with E-state index in [0.717, 1.165) is 5.56 Å². The van der Waals surface area contributed by atoms with Crippen LogP contribution in [0.1, 0.15) is 59.6 Å². The first-order valence-electron chi connectivity index (χ1n) is 8.71. The van der Waals surface area contributed by atoms with Gasteiger partial charge in [0.25, 0.3) is 5.69 Å². The highest BCUT2D eigenvalue weighted by Gasteiger charge is 2.38. The second-order valence-electron chi connectivity index (χ2n) is 8.12. The van der Waals surface area contributed by atoms with E-state index in [9.17, 15) is 19.7 Å². The van der Waals surface area contributed by atoms with Gasteiger partial charge in [0.1, 0.15) is 16.9 Å². The first-order chi connectivity index (χ1) is 12.2. The number of benzene rings is 1. The Labute approximate surface area is 159 Å². The highest BCUT2D eigenvalue weighted by Crippen LogP contribution is 2.36. The molecule has 0 heterocycles. The van der Waals surface area contributed by atoms with E-state index in [1.54, 1.807) is 54.5 Å². The molecule has 0 unspecified atom stereocenters. The molecule has 0 atom stereocenters. The summed E-state index contributed by atoms with van der Waals surface area (Å²) in [6.45, 7) is 13.4. The first-order valence-corrected chi connectivity index (χ1v) is 8.71. The maximum absolute atomic E-state index is 12.8. The molecule has 0 saturated heterocycles. The van der Waals surface area contributed by atoms with Gasteiger partial charge in [-0.25, -0.2) is 9.59 Å². The van der Waals surface area contributed by atoms with Gasteiger partial charge in [-0.2, -0.15) is 4.90 Å². The van der Waals surface area contributed by atoms with Crippen LogP contribution in [-0.4, -0.2) is 28.3 Å². The second kappa shape index (κ2) is 7.94. The minimum absolute atomic E-state index is 0.136. The van der Waals surface area contributed by atoms with Gasteiger partial charge in [-0.05, 0) is 66.0 Å². The number of carbonyl (C=O) groups excluding carboxylic acids is 2. The monoisotopic (exact) mass is 380 g/mol. The Morgan fingerprint density at radius 1 is 1.04 bits per heavy atom. The van der Waals surface area contributed by atoms with E-state index < -0.39 is 28.3 Å². The average Bonchev–Trinajstić information content (AvgIpc) is 2.44. The largest absolute Gasteiger partial charge is 0.443 e. The number of ether oxygens (including phenoxy) is 2. The Morgan fingerprint density at radius 3 is 1.81 bits per heavy atom. The molecule has 0 aliphatic heterocycles. The summed E-state index contributed by atoms with van der Waals surface area (Å²) in [5, 5.41) is 11.6. The van der Waals surface area contributed by atoms with Crippen LogP contribution in [0.3, 0.4) is 0 Å². The van der Waals surface area contributed by atoms with Crippen molar-refractivity contribution in [3.8, 4) is 0 Å². The summed E-state index contributed by atoms with van der Waals surface area (Å²) in [4.78, 5) is 37.1. The third kappa shape index (κ3) is 5.94. The van der Waals surface area contributed by atoms with Gasteiger partial charge in [-0.1, -0.05) is 13.0 Å². The molecular weight excluding hydrogens is 352 g/mol. The summed E-state index contributed by atoms with van der Waals surface area (Å²) in [6.07, 6.45) is -1.49. The summed E-state index contributed by atoms with van der Waals surface area (Å²) in [5.41, 5.74) is -1.09. The fourth-order valence-electron chi connectivity index (χ4n) is 2.41. The zero-order valence-corrected chi connectivity index (χ0v) is 17.2. The fraction of sp³-hybridized carbons (Fsp3) is 0.579. The van der Waals surface area contributed by atoms with Gasteiger partial charge in [0.2, 0.25) is 0 Å². The molecule has 8 nitrogen and oxygen atoms in total. The van der Waals surface area contributed by atoms with Gasteiger partial charge in [0.15, 0.2) is 0 Å². The zero-order chi connectivity index (χ0) is 21.2. The third-order valence-electron chi connectivity index (χ3n) is 3.48. The van der Waals surface area contributed by atoms with Gasteiger partial charge in [0, 0.05) is 6.07 Å². The highest BCUT2D eigenvalue weighted by molar-refractivity contribution is 6.11. The lowest BCUT2D eigenvalue weighted by Crippen LogP contribution is -2.44. The number of aryl methyl sites for hydroxylation is 1. The van der Waals surface area contributed by atoms with Crippen LogP contribution in [0.2, 0.25) is 0 Å². The molecule has 0 saturated carbocycles. The molecular formula is C19H28N2O6. The van der Waals surface area contributed by atoms with Crippen LogP contribution >= 0.6 is 0 Å². The molecule has 27 heavy (non-hydrogen) atoms. The number of rotatable bonds is 3. The van der Waals surface area contributed by atoms with Crippen LogP contribution in [0.4, 0.5) is 21.0 Å². The van der Waals surface area contributed by atoms with Crippen molar-refractivity contribution in [1.29, 1.82) is 0 Å². The number of hydrogen-bond donors (Lipinski definition) is 0. The lowest BCUT2D eigenvalue weighted by atomic mass is 10.0. The molecule has 150 valence electrons. The number of imide groups is 1. The minimum atomic E-state index is -1.03. The smallest absolute Gasteiger partial charge is 0.424 e. The van der Waals surface area contributed by atoms with Crippen LogP contribution in [0, 0.1) is 17.0 Å². The summed E-state index contributed by atoms with van der Waals surface area (Å²) in [7, 11) is 0. The van der Waals surface area contributed by atoms with Crippen molar-refractivity contribution in [2.45, 2.75) is 73.0 Å². The Morgan fingerprint density at radius 2 is 1.48 bits per heavy atom. The molecule has 1 aromatic rings. The number of anilines is 1. The quantitative estimate of drug-likeness (QED) is 0.531. The molecule has 0 aliphatic rings. The molecule has 2 amide bonds. The van der Waals surface area contributed by atoms with Gasteiger partial charge >= 0.3 is 12.2 Å². The zero-order valence-electron chi connectivity index (χ0n) is 17.2. The Balaban J connectivity index is 3.66. The summed E-state index contributed by atoms with van der Waals surface area (Å²) in [6, 6.07) is 2.89. The molecule has 0 aliphatic carbocycles. The van der Waals surface area contributed by atoms with Crippen molar-refractivity contribution < 1.29 is 24.0 Å². The number of carbonyl (C=O) groups is 2. The molecule has 1 aromatic carbocycles. The molecule has 0 fully saturated rings. The summed E-state index contributed by atoms with van der Waals surface area (Å²) >= 11 is 0. The number of amides is 2. The number of nitro groups is 1. The maximum Gasteiger partial charge on any atom is 0.424 e. The van der Waals surface area contributed by atoms with Crippen LogP contribution in [-0.2, 0) is 15.9 Å². The third-order valence-corrected chi connectivity index (χ3v) is 3.48. The second-order valence-corrected chi connectivity index (χ2v) is 8.12. The van der Waals surface area contributed by atoms with Gasteiger partial charge in [-0.15, -0.1) is 0 Å². The van der Waals surface area contributed by atoms with Crippen molar-refractivity contribution >= 4 is 23.6 Å². The number of nitrogens with zero attached hydrogens (tertiary/aromatic N) is 2. The van der Waals surface area contributed by atoms with Gasteiger partial charge < -0.3 is 9.47 Å². The molecule has 0 spiro atoms. The average molecular weight is 380 g/mol. The van der Waals surface area contributed by atoms with Gasteiger partial charge in [-0.3, -0.25) is 10.1 Å². The highest BCUT2D eigenvalue weighted by atomic mass is 16.6. The topological polar surface area (TPSA) is 99.0 Å². The molecule has 0 aromatic heterocycles. The standard InChI is InChI=1S/C19H28N2O6/c1-9-13-10-11-14(21(24)25)15(12(13)2)20(16(22)26-18(3,4)5)17(23)27-19(6,7)8/h10-11H,9H2,1-8H3. The van der Waals surface area contributed by atoms with Crippen LogP contribution in [0.5, 0.6) is 0 Å². The van der Waals surface area contributed by atoms with Crippen molar-refractivity contribution in [3.05, 3.63) is 33.4 Å². The molecule has 8 heteroatoms. The Kier molecular flexibility index (Phi) is 6.59. The fourth-order valence-corrected chi connectivity index (χ4v) is 2.41. The van der Waals surface area contributed by atoms with Crippen LogP contribution < -0.4 is 4.90 Å². The van der Waals surface area contributed by atoms with E-state index in [4.69, 9.17) is 9.47 Å². The van der Waals surface area contributed by atoms with Crippen molar-refractivity contribution in [2.24, 2.45) is 0 Å². The van der Waals surface area contributed by atoms with Crippen LogP contribution in [0.25, 0.3) is 0 Å². The Hall–Kier alpha value is -2.64. The van der Waals surface area contributed by atoms with E-state index in [0.29, 0.717) is 16.9 Å². The van der Waals surface area contributed by atoms with E-state index in [2.05, 4.69) is 0 Å². The predicted molar refractivity (Wildman–Crippen MR) is 102 cm³/mol. The molecule has 1 rings (SSSR count). The molecule has 0 radical (unpaired) electrons. The summed E-state index contributed by atoms with van der Waals surface area (Å²) < 4.78 is 10.6. The van der Waals surface area contributed by atoms with Gasteiger partial charge in [0.05, 0.1) is 4.92 Å². The minimum Gasteiger partial charge on any atom is -0.443 e. The predicted octanol–water partition coefficient (Wildman–Crippen LogP) is 5.14. The molecule has 0 N–H and O–H groups in total. The lowest BCUT2D eigenvalue weighted by Gasteiger charge is -2.29. The molecule has 0 bridgehead atoms. The van der Waals surface area contributed by atoms with E-state index in [1.165, 1.54) is 6.07 Å². The van der Waals surface area contributed by atoms with E-state index >= 15 is 0 Å². The normalized spacial score (nSPS) is 11.7. The van der Waals surface area contributed by atoms with Crippen molar-refractivity contribution in [3.63, 3.8) is 0 Å². The number of hydrogen-bond acceptors (Lipinski definition) is 6. The van der Waals surface area contributed by atoms with E-state index in [1.807, 2.05) is 6.92 Å². The first kappa shape index (κ1) is 22.4. The van der Waals surface area contributed by atoms with Crippen LogP contribution in [0.15, 0.2) is 12.1 Å². The Bertz CT molecular complexity index is 716. The van der Waals surface area contributed by atoms with Crippen molar-refractivity contribution in [2.75, 3.05) is 4.90 Å².